The minimum atomic E-state index is -3.12. The van der Waals surface area contributed by atoms with Gasteiger partial charge in [-0.15, -0.1) is 0 Å². The molecule has 5 nitrogen and oxygen atoms in total. The Kier molecular flexibility index (Phi) is 4.55. The molecule has 6 heteroatoms. The lowest BCUT2D eigenvalue weighted by Crippen LogP contribution is -2.46. The van der Waals surface area contributed by atoms with Crippen molar-refractivity contribution >= 4 is 10.0 Å². The van der Waals surface area contributed by atoms with Crippen LogP contribution in [0.4, 0.5) is 0 Å². The SMILES string of the molecule is O=S(=O)(CCN1CCNCC1)NC1CC=CC1. The van der Waals surface area contributed by atoms with Gasteiger partial charge < -0.3 is 5.32 Å². The number of nitrogens with zero attached hydrogens (tertiary/aromatic N) is 1. The predicted octanol–water partition coefficient (Wildman–Crippen LogP) is -0.470. The van der Waals surface area contributed by atoms with E-state index >= 15 is 0 Å². The molecule has 1 fully saturated rings. The molecule has 1 saturated heterocycles. The molecular formula is C11H21N3O2S. The maximum absolute atomic E-state index is 11.8. The predicted molar refractivity (Wildman–Crippen MR) is 68.4 cm³/mol. The Labute approximate surface area is 103 Å². The molecule has 2 aliphatic rings. The summed E-state index contributed by atoms with van der Waals surface area (Å²) in [7, 11) is -3.12. The molecule has 2 rings (SSSR count). The second kappa shape index (κ2) is 5.95. The molecule has 0 aromatic carbocycles. The van der Waals surface area contributed by atoms with Gasteiger partial charge in [0.15, 0.2) is 0 Å². The average Bonchev–Trinajstić information content (AvgIpc) is 2.80. The molecule has 0 aromatic rings. The van der Waals surface area contributed by atoms with Gasteiger partial charge in [-0.1, -0.05) is 12.2 Å². The van der Waals surface area contributed by atoms with E-state index in [9.17, 15) is 8.42 Å². The number of rotatable bonds is 5. The minimum absolute atomic E-state index is 0.0861. The summed E-state index contributed by atoms with van der Waals surface area (Å²) in [6, 6.07) is 0.0861. The Morgan fingerprint density at radius 2 is 1.88 bits per heavy atom. The molecule has 0 unspecified atom stereocenters. The zero-order valence-electron chi connectivity index (χ0n) is 10.1. The molecule has 0 atom stereocenters. The minimum Gasteiger partial charge on any atom is -0.314 e. The van der Waals surface area contributed by atoms with Crippen LogP contribution < -0.4 is 10.0 Å². The Morgan fingerprint density at radius 1 is 1.24 bits per heavy atom. The highest BCUT2D eigenvalue weighted by Crippen LogP contribution is 2.10. The third-order valence-electron chi connectivity index (χ3n) is 3.24. The summed E-state index contributed by atoms with van der Waals surface area (Å²) in [5, 5.41) is 3.26. The largest absolute Gasteiger partial charge is 0.314 e. The maximum Gasteiger partial charge on any atom is 0.213 e. The molecule has 0 saturated carbocycles. The van der Waals surface area contributed by atoms with Crippen LogP contribution in [-0.4, -0.2) is 57.8 Å². The maximum atomic E-state index is 11.8. The van der Waals surface area contributed by atoms with Crippen LogP contribution >= 0.6 is 0 Å². The molecule has 98 valence electrons. The molecule has 2 N–H and O–H groups in total. The van der Waals surface area contributed by atoms with Gasteiger partial charge in [0.05, 0.1) is 5.75 Å². The Bertz CT molecular complexity index is 353. The van der Waals surface area contributed by atoms with E-state index in [1.165, 1.54) is 0 Å². The van der Waals surface area contributed by atoms with Gasteiger partial charge in [0, 0.05) is 38.8 Å². The molecule has 0 bridgehead atoms. The first kappa shape index (κ1) is 13.0. The van der Waals surface area contributed by atoms with Gasteiger partial charge >= 0.3 is 0 Å². The van der Waals surface area contributed by atoms with E-state index in [1.54, 1.807) is 0 Å². The first-order chi connectivity index (χ1) is 8.16. The molecular weight excluding hydrogens is 238 g/mol. The smallest absolute Gasteiger partial charge is 0.213 e. The van der Waals surface area contributed by atoms with Crippen molar-refractivity contribution in [1.29, 1.82) is 0 Å². The molecule has 0 radical (unpaired) electrons. The summed E-state index contributed by atoms with van der Waals surface area (Å²) in [4.78, 5) is 2.20. The van der Waals surface area contributed by atoms with Crippen molar-refractivity contribution in [2.24, 2.45) is 0 Å². The van der Waals surface area contributed by atoms with Gasteiger partial charge in [-0.05, 0) is 12.8 Å². The zero-order valence-corrected chi connectivity index (χ0v) is 10.9. The lowest BCUT2D eigenvalue weighted by Gasteiger charge is -2.27. The average molecular weight is 259 g/mol. The van der Waals surface area contributed by atoms with Gasteiger partial charge in [0.25, 0.3) is 0 Å². The Balaban J connectivity index is 1.72. The van der Waals surface area contributed by atoms with Crippen LogP contribution in [0.3, 0.4) is 0 Å². The van der Waals surface area contributed by atoms with E-state index in [0.717, 1.165) is 39.0 Å². The topological polar surface area (TPSA) is 61.4 Å². The molecule has 1 aliphatic heterocycles. The van der Waals surface area contributed by atoms with Gasteiger partial charge in [0.1, 0.15) is 0 Å². The number of nitrogens with one attached hydrogen (secondary N) is 2. The lowest BCUT2D eigenvalue weighted by molar-refractivity contribution is 0.253. The fourth-order valence-corrected chi connectivity index (χ4v) is 3.53. The van der Waals surface area contributed by atoms with E-state index in [2.05, 4.69) is 14.9 Å². The second-order valence-corrected chi connectivity index (χ2v) is 6.54. The second-order valence-electron chi connectivity index (χ2n) is 4.67. The Hall–Kier alpha value is -0.430. The molecule has 17 heavy (non-hydrogen) atoms. The van der Waals surface area contributed by atoms with Crippen molar-refractivity contribution in [1.82, 2.24) is 14.9 Å². The van der Waals surface area contributed by atoms with Crippen LogP contribution in [-0.2, 0) is 10.0 Å². The third-order valence-corrected chi connectivity index (χ3v) is 4.65. The summed E-state index contributed by atoms with van der Waals surface area (Å²) in [5.41, 5.74) is 0. The first-order valence-electron chi connectivity index (χ1n) is 6.24. The highest BCUT2D eigenvalue weighted by atomic mass is 32.2. The quantitative estimate of drug-likeness (QED) is 0.655. The van der Waals surface area contributed by atoms with Crippen molar-refractivity contribution in [3.8, 4) is 0 Å². The summed E-state index contributed by atoms with van der Waals surface area (Å²) in [6.45, 7) is 4.44. The lowest BCUT2D eigenvalue weighted by atomic mass is 10.3. The van der Waals surface area contributed by atoms with Crippen molar-refractivity contribution in [3.63, 3.8) is 0 Å². The monoisotopic (exact) mass is 259 g/mol. The first-order valence-corrected chi connectivity index (χ1v) is 7.89. The van der Waals surface area contributed by atoms with Crippen LogP contribution in [0.2, 0.25) is 0 Å². The van der Waals surface area contributed by atoms with E-state index in [0.29, 0.717) is 6.54 Å². The van der Waals surface area contributed by atoms with E-state index in [4.69, 9.17) is 0 Å². The van der Waals surface area contributed by atoms with Gasteiger partial charge in [-0.25, -0.2) is 13.1 Å². The van der Waals surface area contributed by atoms with Crippen molar-refractivity contribution < 1.29 is 8.42 Å². The zero-order chi connectivity index (χ0) is 12.1. The number of sulfonamides is 1. The van der Waals surface area contributed by atoms with Gasteiger partial charge in [-0.2, -0.15) is 0 Å². The van der Waals surface area contributed by atoms with Crippen LogP contribution in [0.5, 0.6) is 0 Å². The Morgan fingerprint density at radius 3 is 2.53 bits per heavy atom. The van der Waals surface area contributed by atoms with Crippen LogP contribution in [0.15, 0.2) is 12.2 Å². The van der Waals surface area contributed by atoms with Gasteiger partial charge in [0.2, 0.25) is 10.0 Å². The van der Waals surface area contributed by atoms with Gasteiger partial charge in [-0.3, -0.25) is 4.90 Å². The van der Waals surface area contributed by atoms with Crippen molar-refractivity contribution in [2.45, 2.75) is 18.9 Å². The van der Waals surface area contributed by atoms with E-state index in [-0.39, 0.29) is 11.8 Å². The third kappa shape index (κ3) is 4.39. The van der Waals surface area contributed by atoms with E-state index < -0.39 is 10.0 Å². The van der Waals surface area contributed by atoms with Crippen molar-refractivity contribution in [3.05, 3.63) is 12.2 Å². The normalized spacial score (nSPS) is 23.3. The van der Waals surface area contributed by atoms with Crippen molar-refractivity contribution in [2.75, 3.05) is 38.5 Å². The summed E-state index contributed by atoms with van der Waals surface area (Å²) in [5.74, 6) is 0.212. The molecule has 0 amide bonds. The van der Waals surface area contributed by atoms with Crippen LogP contribution in [0.25, 0.3) is 0 Å². The standard InChI is InChI=1S/C11H21N3O2S/c15-17(16,13-11-3-1-2-4-11)10-9-14-7-5-12-6-8-14/h1-2,11-13H,3-10H2. The number of piperazine rings is 1. The summed E-state index contributed by atoms with van der Waals surface area (Å²) >= 11 is 0. The molecule has 0 aromatic heterocycles. The highest BCUT2D eigenvalue weighted by molar-refractivity contribution is 7.89. The molecule has 0 spiro atoms. The highest BCUT2D eigenvalue weighted by Gasteiger charge is 2.20. The molecule has 1 aliphatic carbocycles. The van der Waals surface area contributed by atoms with Crippen LogP contribution in [0, 0.1) is 0 Å². The summed E-state index contributed by atoms with van der Waals surface area (Å²) < 4.78 is 26.5. The van der Waals surface area contributed by atoms with Crippen LogP contribution in [0.1, 0.15) is 12.8 Å². The molecule has 1 heterocycles. The summed E-state index contributed by atoms with van der Waals surface area (Å²) in [6.07, 6.45) is 5.71. The number of hydrogen-bond acceptors (Lipinski definition) is 4. The fraction of sp³-hybridized carbons (Fsp3) is 0.818. The fourth-order valence-electron chi connectivity index (χ4n) is 2.21. The number of hydrogen-bond donors (Lipinski definition) is 2. The van der Waals surface area contributed by atoms with E-state index in [1.807, 2.05) is 12.2 Å².